The average Bonchev–Trinajstić information content (AvgIpc) is 2.04. The molecule has 0 spiro atoms. The van der Waals surface area contributed by atoms with Crippen LogP contribution in [0.4, 0.5) is 0 Å². The lowest BCUT2D eigenvalue weighted by atomic mass is 10.3. The SMILES string of the molecule is CC=CC(=O)CCO[Si](C)(C)C(C)C. The Hall–Kier alpha value is -0.413. The fourth-order valence-corrected chi connectivity index (χ4v) is 1.81. The van der Waals surface area contributed by atoms with E-state index in [0.29, 0.717) is 18.6 Å². The Morgan fingerprint density at radius 2 is 2.00 bits per heavy atom. The molecule has 0 unspecified atom stereocenters. The lowest BCUT2D eigenvalue weighted by molar-refractivity contribution is -0.115. The van der Waals surface area contributed by atoms with Crippen LogP contribution in [0, 0.1) is 0 Å². The first kappa shape index (κ1) is 13.6. The number of hydrogen-bond acceptors (Lipinski definition) is 2. The van der Waals surface area contributed by atoms with E-state index < -0.39 is 8.32 Å². The van der Waals surface area contributed by atoms with Crippen LogP contribution in [-0.4, -0.2) is 20.7 Å². The van der Waals surface area contributed by atoms with Gasteiger partial charge in [0.05, 0.1) is 0 Å². The summed E-state index contributed by atoms with van der Waals surface area (Å²) in [5.74, 6) is 0.154. The van der Waals surface area contributed by atoms with Crippen molar-refractivity contribution in [1.82, 2.24) is 0 Å². The fraction of sp³-hybridized carbons (Fsp3) is 0.727. The van der Waals surface area contributed by atoms with Crippen LogP contribution in [0.2, 0.25) is 18.6 Å². The summed E-state index contributed by atoms with van der Waals surface area (Å²) < 4.78 is 5.79. The standard InChI is InChI=1S/C11H22O2Si/c1-6-7-11(12)8-9-13-14(4,5)10(2)3/h6-7,10H,8-9H2,1-5H3. The molecule has 0 heterocycles. The van der Waals surface area contributed by atoms with Crippen LogP contribution in [0.1, 0.15) is 27.2 Å². The van der Waals surface area contributed by atoms with Gasteiger partial charge in [0.25, 0.3) is 0 Å². The predicted molar refractivity (Wildman–Crippen MR) is 63.0 cm³/mol. The zero-order valence-electron chi connectivity index (χ0n) is 9.96. The van der Waals surface area contributed by atoms with Crippen LogP contribution in [0.3, 0.4) is 0 Å². The molecule has 0 fully saturated rings. The van der Waals surface area contributed by atoms with Gasteiger partial charge in [0.1, 0.15) is 0 Å². The van der Waals surface area contributed by atoms with Gasteiger partial charge in [-0.2, -0.15) is 0 Å². The Balaban J connectivity index is 3.79. The molecule has 3 heteroatoms. The Morgan fingerprint density at radius 1 is 1.43 bits per heavy atom. The molecule has 0 aliphatic rings. The van der Waals surface area contributed by atoms with E-state index in [4.69, 9.17) is 4.43 Å². The highest BCUT2D eigenvalue weighted by atomic mass is 28.4. The zero-order chi connectivity index (χ0) is 11.2. The molecular weight excluding hydrogens is 192 g/mol. The van der Waals surface area contributed by atoms with E-state index >= 15 is 0 Å². The van der Waals surface area contributed by atoms with E-state index in [1.54, 1.807) is 12.2 Å². The molecule has 0 aromatic rings. The molecule has 0 aliphatic heterocycles. The maximum Gasteiger partial charge on any atom is 0.189 e. The Kier molecular flexibility index (Phi) is 5.96. The smallest absolute Gasteiger partial charge is 0.189 e. The van der Waals surface area contributed by atoms with Gasteiger partial charge in [0.15, 0.2) is 14.1 Å². The maximum absolute atomic E-state index is 11.1. The van der Waals surface area contributed by atoms with Gasteiger partial charge in [0, 0.05) is 13.0 Å². The van der Waals surface area contributed by atoms with Crippen molar-refractivity contribution in [3.05, 3.63) is 12.2 Å². The van der Waals surface area contributed by atoms with Gasteiger partial charge in [-0.15, -0.1) is 0 Å². The second-order valence-electron chi connectivity index (χ2n) is 4.32. The highest BCUT2D eigenvalue weighted by Crippen LogP contribution is 2.21. The third-order valence-corrected chi connectivity index (χ3v) is 6.29. The van der Waals surface area contributed by atoms with Crippen LogP contribution in [0.15, 0.2) is 12.2 Å². The lowest BCUT2D eigenvalue weighted by Gasteiger charge is -2.26. The van der Waals surface area contributed by atoms with Gasteiger partial charge >= 0.3 is 0 Å². The van der Waals surface area contributed by atoms with Crippen molar-refractivity contribution < 1.29 is 9.22 Å². The Morgan fingerprint density at radius 3 is 2.43 bits per heavy atom. The molecule has 14 heavy (non-hydrogen) atoms. The van der Waals surface area contributed by atoms with E-state index in [1.807, 2.05) is 6.92 Å². The fourth-order valence-electron chi connectivity index (χ4n) is 0.851. The van der Waals surface area contributed by atoms with E-state index in [9.17, 15) is 4.79 Å². The minimum Gasteiger partial charge on any atom is -0.417 e. The van der Waals surface area contributed by atoms with Crippen molar-refractivity contribution in [2.24, 2.45) is 0 Å². The summed E-state index contributed by atoms with van der Waals surface area (Å²) in [7, 11) is -1.55. The van der Waals surface area contributed by atoms with E-state index in [-0.39, 0.29) is 5.78 Å². The van der Waals surface area contributed by atoms with E-state index in [1.165, 1.54) is 0 Å². The van der Waals surface area contributed by atoms with Gasteiger partial charge in [-0.3, -0.25) is 4.79 Å². The largest absolute Gasteiger partial charge is 0.417 e. The van der Waals surface area contributed by atoms with Gasteiger partial charge < -0.3 is 4.43 Å². The van der Waals surface area contributed by atoms with Crippen LogP contribution in [-0.2, 0) is 9.22 Å². The van der Waals surface area contributed by atoms with Gasteiger partial charge in [-0.1, -0.05) is 19.9 Å². The molecule has 0 radical (unpaired) electrons. The normalized spacial score (nSPS) is 12.7. The van der Waals surface area contributed by atoms with Crippen LogP contribution < -0.4 is 0 Å². The molecule has 0 aromatic carbocycles. The van der Waals surface area contributed by atoms with E-state index in [0.717, 1.165) is 0 Å². The van der Waals surface area contributed by atoms with Crippen molar-refractivity contribution in [3.63, 3.8) is 0 Å². The lowest BCUT2D eigenvalue weighted by Crippen LogP contribution is -2.34. The first-order valence-corrected chi connectivity index (χ1v) is 8.18. The van der Waals surface area contributed by atoms with Crippen LogP contribution >= 0.6 is 0 Å². The second kappa shape index (κ2) is 6.14. The van der Waals surface area contributed by atoms with Crippen LogP contribution in [0.25, 0.3) is 0 Å². The molecule has 2 nitrogen and oxygen atoms in total. The summed E-state index contributed by atoms with van der Waals surface area (Å²) in [5, 5.41) is 0. The van der Waals surface area contributed by atoms with E-state index in [2.05, 4.69) is 26.9 Å². The Bertz CT molecular complexity index is 207. The second-order valence-corrected chi connectivity index (χ2v) is 8.97. The highest BCUT2D eigenvalue weighted by Gasteiger charge is 2.26. The maximum atomic E-state index is 11.1. The molecule has 0 amide bonds. The van der Waals surface area contributed by atoms with Crippen LogP contribution in [0.5, 0.6) is 0 Å². The first-order chi connectivity index (χ1) is 6.40. The van der Waals surface area contributed by atoms with Gasteiger partial charge in [0.2, 0.25) is 0 Å². The van der Waals surface area contributed by atoms with Gasteiger partial charge in [-0.25, -0.2) is 0 Å². The Labute approximate surface area is 88.5 Å². The monoisotopic (exact) mass is 214 g/mol. The predicted octanol–water partition coefficient (Wildman–Crippen LogP) is 3.15. The molecular formula is C11H22O2Si. The third-order valence-electron chi connectivity index (χ3n) is 2.57. The number of rotatable bonds is 6. The molecule has 82 valence electrons. The van der Waals surface area contributed by atoms with Crippen molar-refractivity contribution in [1.29, 1.82) is 0 Å². The third kappa shape index (κ3) is 5.35. The molecule has 0 atom stereocenters. The summed E-state index contributed by atoms with van der Waals surface area (Å²) >= 11 is 0. The molecule has 0 aliphatic carbocycles. The number of allylic oxidation sites excluding steroid dienone is 2. The molecule has 0 saturated carbocycles. The quantitative estimate of drug-likeness (QED) is 0.501. The van der Waals surface area contributed by atoms with Gasteiger partial charge in [-0.05, 0) is 31.6 Å². The topological polar surface area (TPSA) is 26.3 Å². The summed E-state index contributed by atoms with van der Waals surface area (Å²) in [6, 6.07) is 0. The number of carbonyl (C=O) groups is 1. The number of hydrogen-bond donors (Lipinski definition) is 0. The summed E-state index contributed by atoms with van der Waals surface area (Å²) in [6.07, 6.45) is 3.88. The van der Waals surface area contributed by atoms with Crippen molar-refractivity contribution in [2.75, 3.05) is 6.61 Å². The minimum absolute atomic E-state index is 0.154. The summed E-state index contributed by atoms with van der Waals surface area (Å²) in [5.41, 5.74) is 0.597. The van der Waals surface area contributed by atoms with Crippen molar-refractivity contribution in [2.45, 2.75) is 45.8 Å². The highest BCUT2D eigenvalue weighted by molar-refractivity contribution is 6.72. The number of ketones is 1. The van der Waals surface area contributed by atoms with Crippen molar-refractivity contribution in [3.8, 4) is 0 Å². The molecule has 0 bridgehead atoms. The summed E-state index contributed by atoms with van der Waals surface area (Å²) in [6.45, 7) is 11.2. The van der Waals surface area contributed by atoms with Crippen molar-refractivity contribution >= 4 is 14.1 Å². The first-order valence-electron chi connectivity index (χ1n) is 5.19. The molecule has 0 rings (SSSR count). The average molecular weight is 214 g/mol. The zero-order valence-corrected chi connectivity index (χ0v) is 11.0. The minimum atomic E-state index is -1.55. The molecule has 0 saturated heterocycles. The summed E-state index contributed by atoms with van der Waals surface area (Å²) in [4.78, 5) is 11.1. The molecule has 0 aromatic heterocycles. The number of carbonyl (C=O) groups excluding carboxylic acids is 1. The molecule has 0 N–H and O–H groups in total.